The van der Waals surface area contributed by atoms with E-state index in [1.54, 1.807) is 13.8 Å². The average molecular weight is 297 g/mol. The number of halogens is 1. The molecular weight excluding hydrogens is 276 g/mol. The first-order valence-corrected chi connectivity index (χ1v) is 6.71. The van der Waals surface area contributed by atoms with Gasteiger partial charge < -0.3 is 25.4 Å². The van der Waals surface area contributed by atoms with Crippen molar-refractivity contribution >= 4 is 17.6 Å². The fourth-order valence-electron chi connectivity index (χ4n) is 1.92. The van der Waals surface area contributed by atoms with Crippen molar-refractivity contribution in [3.05, 3.63) is 0 Å². The van der Waals surface area contributed by atoms with Gasteiger partial charge in [0.05, 0.1) is 6.61 Å². The number of carbonyl (C=O) groups excluding carboxylic acids is 1. The van der Waals surface area contributed by atoms with E-state index in [-0.39, 0.29) is 25.1 Å². The molecule has 0 aliphatic carbocycles. The minimum Gasteiger partial charge on any atom is -0.388 e. The zero-order valence-electron chi connectivity index (χ0n) is 11.0. The molecule has 19 heavy (non-hydrogen) atoms. The Morgan fingerprint density at radius 3 is 2.58 bits per heavy atom. The summed E-state index contributed by atoms with van der Waals surface area (Å²) in [5, 5.41) is 31.5. The number of rotatable bonds is 4. The smallest absolute Gasteiger partial charge is 0.319 e. The molecule has 0 unspecified atom stereocenters. The van der Waals surface area contributed by atoms with Crippen molar-refractivity contribution in [2.75, 3.05) is 19.0 Å². The normalized spacial score (nSPS) is 31.3. The molecule has 0 saturated carbocycles. The summed E-state index contributed by atoms with van der Waals surface area (Å²) in [5.74, 6) is 0.271. The first-order chi connectivity index (χ1) is 8.90. The van der Waals surface area contributed by atoms with E-state index in [4.69, 9.17) is 16.3 Å². The molecule has 0 aromatic rings. The number of nitrogens with zero attached hydrogens (tertiary/aromatic N) is 1. The lowest BCUT2D eigenvalue weighted by atomic mass is 10.0. The largest absolute Gasteiger partial charge is 0.388 e. The summed E-state index contributed by atoms with van der Waals surface area (Å²) in [6.45, 7) is 3.66. The number of aliphatic hydroxyl groups is 3. The molecule has 0 radical (unpaired) electrons. The van der Waals surface area contributed by atoms with Crippen LogP contribution < -0.4 is 5.32 Å². The Kier molecular flexibility index (Phi) is 6.28. The van der Waals surface area contributed by atoms with E-state index in [0.29, 0.717) is 0 Å². The molecule has 7 nitrogen and oxygen atoms in total. The van der Waals surface area contributed by atoms with Crippen LogP contribution in [0.1, 0.15) is 13.8 Å². The van der Waals surface area contributed by atoms with E-state index in [9.17, 15) is 20.1 Å². The van der Waals surface area contributed by atoms with Crippen LogP contribution in [0.25, 0.3) is 0 Å². The highest BCUT2D eigenvalue weighted by molar-refractivity contribution is 6.18. The van der Waals surface area contributed by atoms with Crippen LogP contribution in [0.5, 0.6) is 0 Å². The second kappa shape index (κ2) is 7.25. The Balaban J connectivity index is 2.78. The van der Waals surface area contributed by atoms with E-state index in [2.05, 4.69) is 5.32 Å². The van der Waals surface area contributed by atoms with Gasteiger partial charge in [-0.05, 0) is 13.8 Å². The first kappa shape index (κ1) is 16.5. The molecule has 1 saturated heterocycles. The molecule has 0 bridgehead atoms. The van der Waals surface area contributed by atoms with Gasteiger partial charge in [0.1, 0.15) is 18.3 Å². The second-order valence-corrected chi connectivity index (χ2v) is 5.07. The quantitative estimate of drug-likeness (QED) is 0.503. The molecule has 2 amide bonds. The lowest BCUT2D eigenvalue weighted by Gasteiger charge is -2.42. The highest BCUT2D eigenvalue weighted by Gasteiger charge is 2.42. The SMILES string of the molecule is CC(C)N(C(=O)NCCCl)[C@@H]1OC[C@@H](O)[C@H](O)[C@H]1O. The van der Waals surface area contributed by atoms with Gasteiger partial charge in [0, 0.05) is 18.5 Å². The van der Waals surface area contributed by atoms with E-state index < -0.39 is 30.6 Å². The van der Waals surface area contributed by atoms with Crippen LogP contribution in [0, 0.1) is 0 Å². The van der Waals surface area contributed by atoms with E-state index >= 15 is 0 Å². The van der Waals surface area contributed by atoms with E-state index in [0.717, 1.165) is 0 Å². The van der Waals surface area contributed by atoms with Crippen LogP contribution in [0.2, 0.25) is 0 Å². The molecule has 0 aromatic heterocycles. The summed E-state index contributed by atoms with van der Waals surface area (Å²) < 4.78 is 5.27. The fourth-order valence-corrected chi connectivity index (χ4v) is 2.02. The summed E-state index contributed by atoms with van der Waals surface area (Å²) in [6.07, 6.45) is -4.88. The van der Waals surface area contributed by atoms with Crippen LogP contribution in [0.15, 0.2) is 0 Å². The van der Waals surface area contributed by atoms with Crippen molar-refractivity contribution in [3.63, 3.8) is 0 Å². The summed E-state index contributed by atoms with van der Waals surface area (Å²) in [6, 6.07) is -0.694. The van der Waals surface area contributed by atoms with Crippen LogP contribution in [0.4, 0.5) is 4.79 Å². The Morgan fingerprint density at radius 2 is 2.05 bits per heavy atom. The minimum absolute atomic E-state index is 0.144. The van der Waals surface area contributed by atoms with Crippen molar-refractivity contribution in [2.24, 2.45) is 0 Å². The molecule has 1 fully saturated rings. The van der Waals surface area contributed by atoms with Crippen LogP contribution in [0.3, 0.4) is 0 Å². The number of nitrogens with one attached hydrogen (secondary N) is 1. The fraction of sp³-hybridized carbons (Fsp3) is 0.909. The number of alkyl halides is 1. The number of hydrogen-bond donors (Lipinski definition) is 4. The van der Waals surface area contributed by atoms with Gasteiger partial charge in [-0.1, -0.05) is 0 Å². The predicted molar refractivity (Wildman–Crippen MR) is 68.9 cm³/mol. The molecule has 8 heteroatoms. The summed E-state index contributed by atoms with van der Waals surface area (Å²) in [7, 11) is 0. The monoisotopic (exact) mass is 296 g/mol. The lowest BCUT2D eigenvalue weighted by molar-refractivity contribution is -0.223. The molecule has 1 aliphatic heterocycles. The van der Waals surface area contributed by atoms with Crippen molar-refractivity contribution in [2.45, 2.75) is 44.4 Å². The molecule has 4 N–H and O–H groups in total. The zero-order chi connectivity index (χ0) is 14.6. The standard InChI is InChI=1S/C11H21ClN2O5/c1-6(2)14(11(18)13-4-3-12)10-9(17)8(16)7(15)5-19-10/h6-10,15-17H,3-5H2,1-2H3,(H,13,18)/t7-,8+,9-,10-/m1/s1. The van der Waals surface area contributed by atoms with E-state index in [1.807, 2.05) is 0 Å². The Hall–Kier alpha value is -0.600. The molecule has 0 spiro atoms. The number of carbonyl (C=O) groups is 1. The van der Waals surface area contributed by atoms with Crippen molar-refractivity contribution in [1.82, 2.24) is 10.2 Å². The molecule has 1 rings (SSSR count). The van der Waals surface area contributed by atoms with Crippen molar-refractivity contribution in [3.8, 4) is 0 Å². The molecular formula is C11H21ClN2O5. The Labute approximate surface area is 117 Å². The summed E-state index contributed by atoms with van der Waals surface area (Å²) in [5.41, 5.74) is 0. The van der Waals surface area contributed by atoms with Crippen LogP contribution >= 0.6 is 11.6 Å². The second-order valence-electron chi connectivity index (χ2n) is 4.69. The first-order valence-electron chi connectivity index (χ1n) is 6.18. The molecule has 0 aromatic carbocycles. The number of urea groups is 1. The van der Waals surface area contributed by atoms with Gasteiger partial charge in [-0.25, -0.2) is 4.79 Å². The van der Waals surface area contributed by atoms with Gasteiger partial charge in [-0.15, -0.1) is 11.6 Å². The topological polar surface area (TPSA) is 102 Å². The van der Waals surface area contributed by atoms with Crippen LogP contribution in [-0.4, -0.2) is 75.9 Å². The maximum absolute atomic E-state index is 12.0. The molecule has 4 atom stereocenters. The van der Waals surface area contributed by atoms with E-state index in [1.165, 1.54) is 4.90 Å². The van der Waals surface area contributed by atoms with Gasteiger partial charge >= 0.3 is 6.03 Å². The van der Waals surface area contributed by atoms with Gasteiger partial charge in [0.15, 0.2) is 6.23 Å². The third-order valence-electron chi connectivity index (χ3n) is 2.91. The maximum Gasteiger partial charge on any atom is 0.319 e. The zero-order valence-corrected chi connectivity index (χ0v) is 11.7. The van der Waals surface area contributed by atoms with Gasteiger partial charge in [-0.3, -0.25) is 4.90 Å². The average Bonchev–Trinajstić information content (AvgIpc) is 2.36. The summed E-state index contributed by atoms with van der Waals surface area (Å²) >= 11 is 5.50. The third-order valence-corrected chi connectivity index (χ3v) is 3.10. The van der Waals surface area contributed by atoms with Crippen LogP contribution in [-0.2, 0) is 4.74 Å². The highest BCUT2D eigenvalue weighted by Crippen LogP contribution is 2.20. The Bertz CT molecular complexity index is 305. The predicted octanol–water partition coefficient (Wildman–Crippen LogP) is -0.916. The molecule has 1 aliphatic rings. The van der Waals surface area contributed by atoms with Gasteiger partial charge in [0.25, 0.3) is 0 Å². The van der Waals surface area contributed by atoms with Gasteiger partial charge in [0.2, 0.25) is 0 Å². The number of amides is 2. The van der Waals surface area contributed by atoms with Gasteiger partial charge in [-0.2, -0.15) is 0 Å². The maximum atomic E-state index is 12.0. The van der Waals surface area contributed by atoms with Crippen molar-refractivity contribution in [1.29, 1.82) is 0 Å². The molecule has 112 valence electrons. The summed E-state index contributed by atoms with van der Waals surface area (Å²) in [4.78, 5) is 13.3. The van der Waals surface area contributed by atoms with Crippen molar-refractivity contribution < 1.29 is 24.9 Å². The number of aliphatic hydroxyl groups excluding tert-OH is 3. The minimum atomic E-state index is -1.37. The number of hydrogen-bond acceptors (Lipinski definition) is 5. The lowest BCUT2D eigenvalue weighted by Crippen LogP contribution is -2.63. The third kappa shape index (κ3) is 3.93. The Morgan fingerprint density at radius 1 is 1.42 bits per heavy atom. The molecule has 1 heterocycles. The number of ether oxygens (including phenoxy) is 1. The highest BCUT2D eigenvalue weighted by atomic mass is 35.5.